The highest BCUT2D eigenvalue weighted by atomic mass is 32.2. The molecule has 0 radical (unpaired) electrons. The van der Waals surface area contributed by atoms with Crippen LogP contribution in [0.3, 0.4) is 0 Å². The normalized spacial score (nSPS) is 11.2. The van der Waals surface area contributed by atoms with E-state index < -0.39 is 16.0 Å². The van der Waals surface area contributed by atoms with Crippen LogP contribution in [-0.2, 0) is 20.5 Å². The van der Waals surface area contributed by atoms with Crippen LogP contribution in [0.1, 0.15) is 15.9 Å². The van der Waals surface area contributed by atoms with Crippen molar-refractivity contribution in [3.05, 3.63) is 35.4 Å². The first-order valence-electron chi connectivity index (χ1n) is 5.34. The maximum absolute atomic E-state index is 11.7. The first-order valence-corrected chi connectivity index (χ1v) is 6.99. The van der Waals surface area contributed by atoms with Crippen molar-refractivity contribution in [3.8, 4) is 0 Å². The molecule has 0 unspecified atom stereocenters. The highest BCUT2D eigenvalue weighted by molar-refractivity contribution is 7.88. The molecule has 0 fully saturated rings. The Balaban J connectivity index is 2.94. The smallest absolute Gasteiger partial charge is 0.338 e. The zero-order valence-corrected chi connectivity index (χ0v) is 10.9. The van der Waals surface area contributed by atoms with Crippen molar-refractivity contribution in [2.24, 2.45) is 5.73 Å². The summed E-state index contributed by atoms with van der Waals surface area (Å²) in [6.45, 7) is 0.389. The summed E-state index contributed by atoms with van der Waals surface area (Å²) >= 11 is 0. The first kappa shape index (κ1) is 14.6. The molecule has 3 N–H and O–H groups in total. The van der Waals surface area contributed by atoms with Crippen molar-refractivity contribution < 1.29 is 17.9 Å². The van der Waals surface area contributed by atoms with Gasteiger partial charge in [-0.15, -0.1) is 0 Å². The van der Waals surface area contributed by atoms with Gasteiger partial charge >= 0.3 is 5.97 Å². The van der Waals surface area contributed by atoms with Gasteiger partial charge in [-0.25, -0.2) is 17.9 Å². The molecule has 1 aromatic carbocycles. The molecule has 7 heteroatoms. The average Bonchev–Trinajstić information content (AvgIpc) is 2.36. The topological polar surface area (TPSA) is 98.5 Å². The molecule has 0 aliphatic heterocycles. The molecule has 0 heterocycles. The molecule has 0 aromatic heterocycles. The third-order valence-electron chi connectivity index (χ3n) is 2.23. The number of hydrogen-bond donors (Lipinski definition) is 2. The second kappa shape index (κ2) is 6.48. The molecule has 1 rings (SSSR count). The summed E-state index contributed by atoms with van der Waals surface area (Å²) in [7, 11) is -2.25. The van der Waals surface area contributed by atoms with Gasteiger partial charge in [0.2, 0.25) is 10.0 Å². The minimum absolute atomic E-state index is 0.169. The Morgan fingerprint density at radius 1 is 1.39 bits per heavy atom. The summed E-state index contributed by atoms with van der Waals surface area (Å²) < 4.78 is 30.3. The van der Waals surface area contributed by atoms with Gasteiger partial charge in [-0.05, 0) is 11.6 Å². The van der Waals surface area contributed by atoms with Gasteiger partial charge in [0.15, 0.2) is 0 Å². The lowest BCUT2D eigenvalue weighted by atomic mass is 10.1. The summed E-state index contributed by atoms with van der Waals surface area (Å²) in [5.74, 6) is -0.835. The number of hydrogen-bond acceptors (Lipinski definition) is 5. The van der Waals surface area contributed by atoms with E-state index in [0.29, 0.717) is 5.56 Å². The molecule has 6 nitrogen and oxygen atoms in total. The summed E-state index contributed by atoms with van der Waals surface area (Å²) in [6.07, 6.45) is 0. The van der Waals surface area contributed by atoms with Crippen molar-refractivity contribution in [2.75, 3.05) is 20.2 Å². The van der Waals surface area contributed by atoms with Crippen LogP contribution in [0.15, 0.2) is 24.3 Å². The molecule has 18 heavy (non-hydrogen) atoms. The van der Waals surface area contributed by atoms with Gasteiger partial charge in [0, 0.05) is 13.1 Å². The molecule has 0 spiro atoms. The van der Waals surface area contributed by atoms with Gasteiger partial charge in [-0.1, -0.05) is 18.2 Å². The van der Waals surface area contributed by atoms with E-state index in [1.54, 1.807) is 18.2 Å². The number of ether oxygens (including phenoxy) is 1. The number of rotatable bonds is 6. The Bertz CT molecular complexity index is 514. The van der Waals surface area contributed by atoms with E-state index in [-0.39, 0.29) is 24.4 Å². The van der Waals surface area contributed by atoms with E-state index in [2.05, 4.69) is 9.46 Å². The minimum atomic E-state index is -3.50. The molecular formula is C11H16N2O4S. The molecule has 0 aliphatic carbocycles. The molecule has 1 aromatic rings. The predicted octanol–water partition coefficient (Wildman–Crippen LogP) is -0.149. The number of nitrogens with one attached hydrogen (secondary N) is 1. The van der Waals surface area contributed by atoms with E-state index in [0.717, 1.165) is 0 Å². The lowest BCUT2D eigenvalue weighted by molar-refractivity contribution is 0.0600. The zero-order chi connectivity index (χ0) is 13.6. The molecule has 0 amide bonds. The van der Waals surface area contributed by atoms with Crippen LogP contribution in [0.5, 0.6) is 0 Å². The average molecular weight is 272 g/mol. The van der Waals surface area contributed by atoms with E-state index in [9.17, 15) is 13.2 Å². The van der Waals surface area contributed by atoms with E-state index in [1.165, 1.54) is 13.2 Å². The van der Waals surface area contributed by atoms with E-state index >= 15 is 0 Å². The Morgan fingerprint density at radius 2 is 2.06 bits per heavy atom. The second-order valence-corrected chi connectivity index (χ2v) is 5.40. The maximum atomic E-state index is 11.7. The molecular weight excluding hydrogens is 256 g/mol. The van der Waals surface area contributed by atoms with Crippen LogP contribution >= 0.6 is 0 Å². The van der Waals surface area contributed by atoms with Crippen LogP contribution in [0, 0.1) is 0 Å². The lowest BCUT2D eigenvalue weighted by Crippen LogP contribution is -2.30. The Labute approximate surface area is 106 Å². The van der Waals surface area contributed by atoms with Crippen LogP contribution in [-0.4, -0.2) is 34.6 Å². The number of methoxy groups -OCH3 is 1. The van der Waals surface area contributed by atoms with Crippen molar-refractivity contribution in [2.45, 2.75) is 5.75 Å². The number of sulfonamides is 1. The highest BCUT2D eigenvalue weighted by Gasteiger charge is 2.17. The third kappa shape index (κ3) is 4.10. The van der Waals surface area contributed by atoms with Gasteiger partial charge in [-0.2, -0.15) is 0 Å². The Kier molecular flexibility index (Phi) is 5.26. The van der Waals surface area contributed by atoms with Crippen LogP contribution in [0.4, 0.5) is 0 Å². The quantitative estimate of drug-likeness (QED) is 0.702. The second-order valence-electron chi connectivity index (χ2n) is 3.59. The van der Waals surface area contributed by atoms with Crippen LogP contribution in [0.25, 0.3) is 0 Å². The van der Waals surface area contributed by atoms with E-state index in [4.69, 9.17) is 5.73 Å². The number of carbonyl (C=O) groups is 1. The fourth-order valence-corrected chi connectivity index (χ4v) is 2.62. The minimum Gasteiger partial charge on any atom is -0.465 e. The number of esters is 1. The fourth-order valence-electron chi connectivity index (χ4n) is 1.43. The monoisotopic (exact) mass is 272 g/mol. The first-order chi connectivity index (χ1) is 8.50. The predicted molar refractivity (Wildman–Crippen MR) is 67.5 cm³/mol. The number of nitrogens with two attached hydrogens (primary N) is 1. The zero-order valence-electron chi connectivity index (χ0n) is 10.0. The third-order valence-corrected chi connectivity index (χ3v) is 3.57. The largest absolute Gasteiger partial charge is 0.465 e. The molecule has 0 bridgehead atoms. The van der Waals surface area contributed by atoms with Crippen molar-refractivity contribution in [1.82, 2.24) is 4.72 Å². The number of benzene rings is 1. The molecule has 0 atom stereocenters. The summed E-state index contributed by atoms with van der Waals surface area (Å²) in [4.78, 5) is 11.5. The molecule has 100 valence electrons. The summed E-state index contributed by atoms with van der Waals surface area (Å²) in [5.41, 5.74) is 5.87. The SMILES string of the molecule is COC(=O)c1ccccc1CS(=O)(=O)NCCN. The summed E-state index contributed by atoms with van der Waals surface area (Å²) in [6, 6.07) is 6.42. The molecule has 0 saturated carbocycles. The Morgan fingerprint density at radius 3 is 2.67 bits per heavy atom. The summed E-state index contributed by atoms with van der Waals surface area (Å²) in [5, 5.41) is 0. The van der Waals surface area contributed by atoms with Gasteiger partial charge in [-0.3, -0.25) is 0 Å². The van der Waals surface area contributed by atoms with Crippen LogP contribution < -0.4 is 10.5 Å². The van der Waals surface area contributed by atoms with Gasteiger partial charge < -0.3 is 10.5 Å². The molecule has 0 aliphatic rings. The van der Waals surface area contributed by atoms with E-state index in [1.807, 2.05) is 0 Å². The van der Waals surface area contributed by atoms with Crippen LogP contribution in [0.2, 0.25) is 0 Å². The van der Waals surface area contributed by atoms with Gasteiger partial charge in [0.25, 0.3) is 0 Å². The van der Waals surface area contributed by atoms with Crippen molar-refractivity contribution >= 4 is 16.0 Å². The molecule has 0 saturated heterocycles. The van der Waals surface area contributed by atoms with Gasteiger partial charge in [0.1, 0.15) is 0 Å². The van der Waals surface area contributed by atoms with Gasteiger partial charge in [0.05, 0.1) is 18.4 Å². The van der Waals surface area contributed by atoms with Crippen molar-refractivity contribution in [1.29, 1.82) is 0 Å². The highest BCUT2D eigenvalue weighted by Crippen LogP contribution is 2.13. The number of carbonyl (C=O) groups excluding carboxylic acids is 1. The maximum Gasteiger partial charge on any atom is 0.338 e. The van der Waals surface area contributed by atoms with Crippen molar-refractivity contribution in [3.63, 3.8) is 0 Å². The Hall–Kier alpha value is -1.44. The fraction of sp³-hybridized carbons (Fsp3) is 0.364. The standard InChI is InChI=1S/C11H16N2O4S/c1-17-11(14)10-5-3-2-4-9(10)8-18(15,16)13-7-6-12/h2-5,13H,6-8,12H2,1H3. The lowest BCUT2D eigenvalue weighted by Gasteiger charge is -2.09.